The molecule has 0 aliphatic heterocycles. The standard InChI is InChI=1S/C10H22N2O2/c1-5-11-8(2)6-9(13)12-7-10(3,4)14/h8,11,14H,5-7H2,1-4H3,(H,12,13). The Morgan fingerprint density at radius 1 is 1.50 bits per heavy atom. The van der Waals surface area contributed by atoms with Crippen molar-refractivity contribution < 1.29 is 9.90 Å². The first-order valence-corrected chi connectivity index (χ1v) is 5.07. The van der Waals surface area contributed by atoms with Crippen LogP contribution in [0.1, 0.15) is 34.1 Å². The maximum atomic E-state index is 11.3. The van der Waals surface area contributed by atoms with Gasteiger partial charge in [-0.15, -0.1) is 0 Å². The quantitative estimate of drug-likeness (QED) is 0.579. The van der Waals surface area contributed by atoms with Crippen LogP contribution in [0.4, 0.5) is 0 Å². The van der Waals surface area contributed by atoms with E-state index in [9.17, 15) is 9.90 Å². The molecule has 0 saturated carbocycles. The first kappa shape index (κ1) is 13.4. The maximum absolute atomic E-state index is 11.3. The molecule has 0 aliphatic carbocycles. The van der Waals surface area contributed by atoms with Gasteiger partial charge in [-0.25, -0.2) is 0 Å². The van der Waals surface area contributed by atoms with Gasteiger partial charge in [0.25, 0.3) is 0 Å². The van der Waals surface area contributed by atoms with Crippen LogP contribution in [-0.2, 0) is 4.79 Å². The second kappa shape index (κ2) is 5.98. The highest BCUT2D eigenvalue weighted by Gasteiger charge is 2.14. The van der Waals surface area contributed by atoms with Crippen molar-refractivity contribution in [1.82, 2.24) is 10.6 Å². The van der Waals surface area contributed by atoms with E-state index in [4.69, 9.17) is 0 Å². The van der Waals surface area contributed by atoms with Crippen LogP contribution in [-0.4, -0.2) is 35.7 Å². The van der Waals surface area contributed by atoms with Crippen molar-refractivity contribution in [3.8, 4) is 0 Å². The summed E-state index contributed by atoms with van der Waals surface area (Å²) in [7, 11) is 0. The van der Waals surface area contributed by atoms with Crippen LogP contribution in [0.2, 0.25) is 0 Å². The van der Waals surface area contributed by atoms with Crippen LogP contribution < -0.4 is 10.6 Å². The number of amides is 1. The number of hydrogen-bond acceptors (Lipinski definition) is 3. The van der Waals surface area contributed by atoms with E-state index in [1.807, 2.05) is 13.8 Å². The van der Waals surface area contributed by atoms with E-state index in [1.165, 1.54) is 0 Å². The Labute approximate surface area is 86.1 Å². The molecule has 0 spiro atoms. The van der Waals surface area contributed by atoms with Gasteiger partial charge < -0.3 is 15.7 Å². The van der Waals surface area contributed by atoms with Gasteiger partial charge in [-0.05, 0) is 27.3 Å². The lowest BCUT2D eigenvalue weighted by atomic mass is 10.1. The zero-order valence-electron chi connectivity index (χ0n) is 9.55. The summed E-state index contributed by atoms with van der Waals surface area (Å²) in [6, 6.07) is 0.182. The van der Waals surface area contributed by atoms with Crippen molar-refractivity contribution in [2.75, 3.05) is 13.1 Å². The van der Waals surface area contributed by atoms with E-state index in [2.05, 4.69) is 10.6 Å². The maximum Gasteiger partial charge on any atom is 0.221 e. The third-order valence-corrected chi connectivity index (χ3v) is 1.76. The first-order valence-electron chi connectivity index (χ1n) is 5.07. The second-order valence-corrected chi connectivity index (χ2v) is 4.25. The summed E-state index contributed by atoms with van der Waals surface area (Å²) in [4.78, 5) is 11.3. The highest BCUT2D eigenvalue weighted by molar-refractivity contribution is 5.76. The van der Waals surface area contributed by atoms with Gasteiger partial charge >= 0.3 is 0 Å². The van der Waals surface area contributed by atoms with Crippen molar-refractivity contribution in [3.05, 3.63) is 0 Å². The van der Waals surface area contributed by atoms with E-state index in [0.29, 0.717) is 13.0 Å². The summed E-state index contributed by atoms with van der Waals surface area (Å²) in [5.41, 5.74) is -0.836. The fourth-order valence-corrected chi connectivity index (χ4v) is 1.09. The van der Waals surface area contributed by atoms with Crippen molar-refractivity contribution in [2.24, 2.45) is 0 Å². The number of rotatable bonds is 6. The molecule has 0 aromatic carbocycles. The Hall–Kier alpha value is -0.610. The van der Waals surface area contributed by atoms with Crippen LogP contribution in [0.25, 0.3) is 0 Å². The molecule has 0 bridgehead atoms. The molecule has 0 fully saturated rings. The van der Waals surface area contributed by atoms with Crippen LogP contribution in [0.3, 0.4) is 0 Å². The molecule has 1 amide bonds. The van der Waals surface area contributed by atoms with E-state index in [-0.39, 0.29) is 11.9 Å². The molecule has 14 heavy (non-hydrogen) atoms. The number of aliphatic hydroxyl groups is 1. The number of hydrogen-bond donors (Lipinski definition) is 3. The van der Waals surface area contributed by atoms with E-state index in [1.54, 1.807) is 13.8 Å². The molecular weight excluding hydrogens is 180 g/mol. The summed E-state index contributed by atoms with van der Waals surface area (Å²) in [6.07, 6.45) is 0.448. The fourth-order valence-electron chi connectivity index (χ4n) is 1.09. The fraction of sp³-hybridized carbons (Fsp3) is 0.900. The Morgan fingerprint density at radius 3 is 2.50 bits per heavy atom. The number of carbonyl (C=O) groups excluding carboxylic acids is 1. The average Bonchev–Trinajstić information content (AvgIpc) is 2.00. The molecular formula is C10H22N2O2. The molecule has 0 aromatic rings. The van der Waals surface area contributed by atoms with Crippen molar-refractivity contribution in [2.45, 2.75) is 45.8 Å². The summed E-state index contributed by atoms with van der Waals surface area (Å²) in [5.74, 6) is -0.0272. The molecule has 0 aliphatic rings. The lowest BCUT2D eigenvalue weighted by molar-refractivity contribution is -0.122. The average molecular weight is 202 g/mol. The monoisotopic (exact) mass is 202 g/mol. The summed E-state index contributed by atoms with van der Waals surface area (Å²) >= 11 is 0. The Bertz CT molecular complexity index is 175. The van der Waals surface area contributed by atoms with Crippen LogP contribution in [0.5, 0.6) is 0 Å². The first-order chi connectivity index (χ1) is 6.35. The smallest absolute Gasteiger partial charge is 0.221 e. The predicted octanol–water partition coefficient (Wildman–Crippen LogP) is 0.262. The lowest BCUT2D eigenvalue weighted by Gasteiger charge is -2.18. The molecule has 84 valence electrons. The minimum absolute atomic E-state index is 0.0272. The summed E-state index contributed by atoms with van der Waals surface area (Å²) < 4.78 is 0. The second-order valence-electron chi connectivity index (χ2n) is 4.25. The van der Waals surface area contributed by atoms with Crippen LogP contribution >= 0.6 is 0 Å². The van der Waals surface area contributed by atoms with Gasteiger partial charge in [0.1, 0.15) is 0 Å². The van der Waals surface area contributed by atoms with Gasteiger partial charge in [-0.1, -0.05) is 6.92 Å². The molecule has 1 atom stereocenters. The minimum atomic E-state index is -0.836. The normalized spacial score (nSPS) is 13.8. The third-order valence-electron chi connectivity index (χ3n) is 1.76. The zero-order valence-corrected chi connectivity index (χ0v) is 9.55. The molecule has 0 aromatic heterocycles. The van der Waals surface area contributed by atoms with Crippen molar-refractivity contribution in [3.63, 3.8) is 0 Å². The van der Waals surface area contributed by atoms with Crippen molar-refractivity contribution >= 4 is 5.91 Å². The minimum Gasteiger partial charge on any atom is -0.389 e. The van der Waals surface area contributed by atoms with Crippen LogP contribution in [0, 0.1) is 0 Å². The molecule has 1 unspecified atom stereocenters. The van der Waals surface area contributed by atoms with Gasteiger partial charge in [-0.2, -0.15) is 0 Å². The Kier molecular flexibility index (Phi) is 5.72. The topological polar surface area (TPSA) is 61.4 Å². The molecule has 4 heteroatoms. The van der Waals surface area contributed by atoms with Gasteiger partial charge in [0, 0.05) is 19.0 Å². The number of carbonyl (C=O) groups is 1. The molecule has 0 heterocycles. The van der Waals surface area contributed by atoms with E-state index in [0.717, 1.165) is 6.54 Å². The molecule has 0 saturated heterocycles. The van der Waals surface area contributed by atoms with Gasteiger partial charge in [0.15, 0.2) is 0 Å². The Morgan fingerprint density at radius 2 is 2.07 bits per heavy atom. The number of nitrogens with one attached hydrogen (secondary N) is 2. The Balaban J connectivity index is 3.65. The van der Waals surface area contributed by atoms with E-state index < -0.39 is 5.60 Å². The summed E-state index contributed by atoms with van der Waals surface area (Å²) in [5, 5.41) is 15.2. The van der Waals surface area contributed by atoms with E-state index >= 15 is 0 Å². The van der Waals surface area contributed by atoms with Crippen LogP contribution in [0.15, 0.2) is 0 Å². The largest absolute Gasteiger partial charge is 0.389 e. The molecule has 0 rings (SSSR count). The predicted molar refractivity (Wildman–Crippen MR) is 57.1 cm³/mol. The highest BCUT2D eigenvalue weighted by Crippen LogP contribution is 1.98. The highest BCUT2D eigenvalue weighted by atomic mass is 16.3. The van der Waals surface area contributed by atoms with Gasteiger partial charge in [-0.3, -0.25) is 4.79 Å². The summed E-state index contributed by atoms with van der Waals surface area (Å²) in [6.45, 7) is 8.46. The van der Waals surface area contributed by atoms with Crippen molar-refractivity contribution in [1.29, 1.82) is 0 Å². The molecule has 3 N–H and O–H groups in total. The SMILES string of the molecule is CCNC(C)CC(=O)NCC(C)(C)O. The molecule has 0 radical (unpaired) electrons. The lowest BCUT2D eigenvalue weighted by Crippen LogP contribution is -2.40. The molecule has 4 nitrogen and oxygen atoms in total. The van der Waals surface area contributed by atoms with Gasteiger partial charge in [0.2, 0.25) is 5.91 Å². The zero-order chi connectivity index (χ0) is 11.2. The van der Waals surface area contributed by atoms with Gasteiger partial charge in [0.05, 0.1) is 5.60 Å². The third kappa shape index (κ3) is 8.01.